The molecular formula is C14H21N3O3. The Kier molecular flexibility index (Phi) is 6.52. The van der Waals surface area contributed by atoms with Crippen LogP contribution in [-0.4, -0.2) is 50.5 Å². The molecule has 0 heterocycles. The van der Waals surface area contributed by atoms with E-state index >= 15 is 0 Å². The van der Waals surface area contributed by atoms with Crippen molar-refractivity contribution in [3.63, 3.8) is 0 Å². The average Bonchev–Trinajstić information content (AvgIpc) is 2.46. The Morgan fingerprint density at radius 2 is 1.85 bits per heavy atom. The first kappa shape index (κ1) is 16.0. The largest absolute Gasteiger partial charge is 0.495 e. The highest BCUT2D eigenvalue weighted by Crippen LogP contribution is 2.22. The lowest BCUT2D eigenvalue weighted by Crippen LogP contribution is -2.40. The van der Waals surface area contributed by atoms with E-state index in [4.69, 9.17) is 4.74 Å². The third-order valence-corrected chi connectivity index (χ3v) is 2.84. The van der Waals surface area contributed by atoms with E-state index in [1.54, 1.807) is 31.2 Å². The van der Waals surface area contributed by atoms with Crippen molar-refractivity contribution in [2.24, 2.45) is 0 Å². The number of para-hydroxylation sites is 2. The molecule has 0 aromatic heterocycles. The fourth-order valence-electron chi connectivity index (χ4n) is 1.70. The van der Waals surface area contributed by atoms with Gasteiger partial charge in [0.05, 0.1) is 25.9 Å². The maximum atomic E-state index is 12.0. The molecule has 110 valence electrons. The molecular weight excluding hydrogens is 258 g/mol. The van der Waals surface area contributed by atoms with Gasteiger partial charge in [0, 0.05) is 7.05 Å². The number of nitrogens with one attached hydrogen (secondary N) is 2. The van der Waals surface area contributed by atoms with Gasteiger partial charge in [0.1, 0.15) is 5.75 Å². The minimum absolute atomic E-state index is 0.114. The van der Waals surface area contributed by atoms with Crippen LogP contribution in [0.2, 0.25) is 0 Å². The van der Waals surface area contributed by atoms with Crippen molar-refractivity contribution in [3.05, 3.63) is 24.3 Å². The van der Waals surface area contributed by atoms with Crippen LogP contribution in [0.1, 0.15) is 6.92 Å². The van der Waals surface area contributed by atoms with Crippen molar-refractivity contribution in [1.82, 2.24) is 10.2 Å². The topological polar surface area (TPSA) is 70.7 Å². The van der Waals surface area contributed by atoms with Gasteiger partial charge in [-0.2, -0.15) is 0 Å². The monoisotopic (exact) mass is 279 g/mol. The van der Waals surface area contributed by atoms with Gasteiger partial charge in [-0.3, -0.25) is 14.5 Å². The van der Waals surface area contributed by atoms with Crippen LogP contribution in [-0.2, 0) is 9.59 Å². The summed E-state index contributed by atoms with van der Waals surface area (Å²) in [5.41, 5.74) is 0.621. The van der Waals surface area contributed by atoms with Gasteiger partial charge in [0.15, 0.2) is 0 Å². The number of nitrogens with zero attached hydrogens (tertiary/aromatic N) is 1. The summed E-state index contributed by atoms with van der Waals surface area (Å²) >= 11 is 0. The third-order valence-electron chi connectivity index (χ3n) is 2.84. The van der Waals surface area contributed by atoms with Gasteiger partial charge in [0.25, 0.3) is 0 Å². The molecule has 0 unspecified atom stereocenters. The smallest absolute Gasteiger partial charge is 0.238 e. The van der Waals surface area contributed by atoms with Crippen molar-refractivity contribution < 1.29 is 14.3 Å². The lowest BCUT2D eigenvalue weighted by atomic mass is 10.3. The van der Waals surface area contributed by atoms with Gasteiger partial charge in [-0.05, 0) is 18.7 Å². The molecule has 0 aliphatic carbocycles. The first-order valence-electron chi connectivity index (χ1n) is 6.46. The van der Waals surface area contributed by atoms with Crippen LogP contribution in [0, 0.1) is 0 Å². The number of hydrogen-bond donors (Lipinski definition) is 2. The summed E-state index contributed by atoms with van der Waals surface area (Å²) in [5.74, 6) is 0.312. The number of methoxy groups -OCH3 is 1. The normalized spacial score (nSPS) is 10.2. The Labute approximate surface area is 119 Å². The first-order chi connectivity index (χ1) is 9.60. The Bertz CT molecular complexity index is 463. The van der Waals surface area contributed by atoms with Gasteiger partial charge in [0.2, 0.25) is 11.8 Å². The molecule has 0 spiro atoms. The molecule has 0 saturated carbocycles. The Morgan fingerprint density at radius 1 is 1.20 bits per heavy atom. The van der Waals surface area contributed by atoms with Crippen LogP contribution >= 0.6 is 0 Å². The van der Waals surface area contributed by atoms with E-state index in [-0.39, 0.29) is 24.9 Å². The van der Waals surface area contributed by atoms with Crippen molar-refractivity contribution in [2.45, 2.75) is 6.92 Å². The molecule has 0 fully saturated rings. The predicted octanol–water partition coefficient (Wildman–Crippen LogP) is 0.702. The summed E-state index contributed by atoms with van der Waals surface area (Å²) in [6.45, 7) is 2.88. The van der Waals surface area contributed by atoms with Gasteiger partial charge < -0.3 is 15.4 Å². The first-order valence-corrected chi connectivity index (χ1v) is 6.46. The summed E-state index contributed by atoms with van der Waals surface area (Å²) in [6.07, 6.45) is 0. The number of amides is 2. The fraction of sp³-hybridized carbons (Fsp3) is 0.429. The van der Waals surface area contributed by atoms with Gasteiger partial charge in [-0.25, -0.2) is 0 Å². The van der Waals surface area contributed by atoms with Crippen LogP contribution < -0.4 is 15.4 Å². The zero-order chi connectivity index (χ0) is 15.0. The quantitative estimate of drug-likeness (QED) is 0.771. The predicted molar refractivity (Wildman–Crippen MR) is 77.8 cm³/mol. The average molecular weight is 279 g/mol. The standard InChI is InChI=1S/C14H21N3O3/c1-4-17(9-13(18)15-2)10-14(19)16-11-7-5-6-8-12(11)20-3/h5-8H,4,9-10H2,1-3H3,(H,15,18)(H,16,19). The Morgan fingerprint density at radius 3 is 2.45 bits per heavy atom. The van der Waals surface area contributed by atoms with Gasteiger partial charge in [-0.15, -0.1) is 0 Å². The summed E-state index contributed by atoms with van der Waals surface area (Å²) in [6, 6.07) is 7.20. The number of carbonyl (C=O) groups is 2. The molecule has 1 rings (SSSR count). The zero-order valence-electron chi connectivity index (χ0n) is 12.1. The molecule has 0 aliphatic rings. The van der Waals surface area contributed by atoms with Crippen molar-refractivity contribution >= 4 is 17.5 Å². The summed E-state index contributed by atoms with van der Waals surface area (Å²) in [7, 11) is 3.12. The molecule has 0 radical (unpaired) electrons. The molecule has 0 aliphatic heterocycles. The van der Waals surface area contributed by atoms with Crippen LogP contribution in [0.15, 0.2) is 24.3 Å². The summed E-state index contributed by atoms with van der Waals surface area (Å²) in [5, 5.41) is 5.32. The second-order valence-corrected chi connectivity index (χ2v) is 4.22. The van der Waals surface area contributed by atoms with E-state index in [0.717, 1.165) is 0 Å². The maximum absolute atomic E-state index is 12.0. The molecule has 6 nitrogen and oxygen atoms in total. The van der Waals surface area contributed by atoms with Gasteiger partial charge in [-0.1, -0.05) is 19.1 Å². The van der Waals surface area contributed by atoms with Crippen LogP contribution in [0.25, 0.3) is 0 Å². The third kappa shape index (κ3) is 4.89. The van der Waals surface area contributed by atoms with E-state index in [2.05, 4.69) is 10.6 Å². The molecule has 6 heteroatoms. The Hall–Kier alpha value is -2.08. The summed E-state index contributed by atoms with van der Waals surface area (Å²) in [4.78, 5) is 25.1. The van der Waals surface area contributed by atoms with E-state index in [0.29, 0.717) is 18.0 Å². The van der Waals surface area contributed by atoms with Crippen molar-refractivity contribution in [3.8, 4) is 5.75 Å². The van der Waals surface area contributed by atoms with E-state index in [1.807, 2.05) is 19.1 Å². The second-order valence-electron chi connectivity index (χ2n) is 4.22. The molecule has 1 aromatic rings. The maximum Gasteiger partial charge on any atom is 0.238 e. The number of hydrogen-bond acceptors (Lipinski definition) is 4. The Balaban J connectivity index is 2.59. The number of rotatable bonds is 7. The highest BCUT2D eigenvalue weighted by molar-refractivity contribution is 5.94. The number of likely N-dealkylation sites (N-methyl/N-ethyl adjacent to an activating group) is 2. The lowest BCUT2D eigenvalue weighted by molar-refractivity contribution is -0.123. The van der Waals surface area contributed by atoms with Gasteiger partial charge >= 0.3 is 0 Å². The number of ether oxygens (including phenoxy) is 1. The fourth-order valence-corrected chi connectivity index (χ4v) is 1.70. The summed E-state index contributed by atoms with van der Waals surface area (Å²) < 4.78 is 5.17. The molecule has 0 saturated heterocycles. The minimum atomic E-state index is -0.180. The van der Waals surface area contributed by atoms with Crippen LogP contribution in [0.3, 0.4) is 0 Å². The van der Waals surface area contributed by atoms with Crippen molar-refractivity contribution in [2.75, 3.05) is 39.1 Å². The van der Waals surface area contributed by atoms with E-state index in [1.165, 1.54) is 0 Å². The lowest BCUT2D eigenvalue weighted by Gasteiger charge is -2.19. The van der Waals surface area contributed by atoms with Crippen molar-refractivity contribution in [1.29, 1.82) is 0 Å². The van der Waals surface area contributed by atoms with Crippen LogP contribution in [0.5, 0.6) is 5.75 Å². The number of benzene rings is 1. The van der Waals surface area contributed by atoms with E-state index in [9.17, 15) is 9.59 Å². The molecule has 2 N–H and O–H groups in total. The molecule has 2 amide bonds. The number of anilines is 1. The highest BCUT2D eigenvalue weighted by atomic mass is 16.5. The molecule has 20 heavy (non-hydrogen) atoms. The highest BCUT2D eigenvalue weighted by Gasteiger charge is 2.13. The van der Waals surface area contributed by atoms with E-state index < -0.39 is 0 Å². The zero-order valence-corrected chi connectivity index (χ0v) is 12.1. The second kappa shape index (κ2) is 8.16. The molecule has 0 bridgehead atoms. The molecule has 1 aromatic carbocycles. The SMILES string of the molecule is CCN(CC(=O)NC)CC(=O)Nc1ccccc1OC. The minimum Gasteiger partial charge on any atom is -0.495 e. The number of carbonyl (C=O) groups excluding carboxylic acids is 2. The van der Waals surface area contributed by atoms with Crippen LogP contribution in [0.4, 0.5) is 5.69 Å². The molecule has 0 atom stereocenters.